The van der Waals surface area contributed by atoms with Crippen LogP contribution in [-0.4, -0.2) is 24.2 Å². The van der Waals surface area contributed by atoms with Gasteiger partial charge in [0.1, 0.15) is 11.8 Å². The van der Waals surface area contributed by atoms with Crippen LogP contribution in [0.25, 0.3) is 11.1 Å². The van der Waals surface area contributed by atoms with Gasteiger partial charge in [0.05, 0.1) is 0 Å². The maximum Gasteiger partial charge on any atom is 0.407 e. The minimum absolute atomic E-state index is 0.0605. The molecule has 0 unspecified atom stereocenters. The topological polar surface area (TPSA) is 51.2 Å². The van der Waals surface area contributed by atoms with E-state index >= 15 is 0 Å². The molecule has 0 saturated heterocycles. The highest BCUT2D eigenvalue weighted by Crippen LogP contribution is 2.44. The van der Waals surface area contributed by atoms with Crippen molar-refractivity contribution in [2.24, 2.45) is 0 Å². The highest BCUT2D eigenvalue weighted by Gasteiger charge is 2.28. The van der Waals surface area contributed by atoms with Gasteiger partial charge in [-0.2, -0.15) is 0 Å². The van der Waals surface area contributed by atoms with Crippen molar-refractivity contribution in [2.75, 3.05) is 13.2 Å². The minimum Gasteiger partial charge on any atom is -0.449 e. The number of carbonyl (C=O) groups is 1. The average Bonchev–Trinajstić information content (AvgIpc) is 3.07. The SMILES string of the molecule is O=C(NCCC#Cc1ccc(Cl)nc1)OCC1c2ccccc2-c2ccccc21. The first-order valence-electron chi connectivity index (χ1n) is 9.41. The molecule has 0 spiro atoms. The molecule has 0 bridgehead atoms. The molecule has 0 atom stereocenters. The minimum atomic E-state index is -0.429. The second kappa shape index (κ2) is 8.81. The van der Waals surface area contributed by atoms with Gasteiger partial charge in [-0.05, 0) is 34.4 Å². The van der Waals surface area contributed by atoms with Crippen LogP contribution in [0.1, 0.15) is 29.0 Å². The lowest BCUT2D eigenvalue weighted by atomic mass is 9.98. The first kappa shape index (κ1) is 19.0. The quantitative estimate of drug-likeness (QED) is 0.379. The van der Waals surface area contributed by atoms with Gasteiger partial charge in [0, 0.05) is 30.6 Å². The van der Waals surface area contributed by atoms with Gasteiger partial charge in [0.25, 0.3) is 0 Å². The highest BCUT2D eigenvalue weighted by molar-refractivity contribution is 6.29. The largest absolute Gasteiger partial charge is 0.449 e. The summed E-state index contributed by atoms with van der Waals surface area (Å²) in [4.78, 5) is 16.1. The Morgan fingerprint density at radius 3 is 2.38 bits per heavy atom. The van der Waals surface area contributed by atoms with Gasteiger partial charge in [-0.25, -0.2) is 9.78 Å². The van der Waals surface area contributed by atoms with Crippen molar-refractivity contribution in [1.29, 1.82) is 0 Å². The number of hydrogen-bond donors (Lipinski definition) is 1. The summed E-state index contributed by atoms with van der Waals surface area (Å²) in [6, 6.07) is 20.0. The molecule has 1 aromatic heterocycles. The zero-order chi connectivity index (χ0) is 20.1. The molecule has 1 N–H and O–H groups in total. The Labute approximate surface area is 174 Å². The van der Waals surface area contributed by atoms with E-state index in [2.05, 4.69) is 46.4 Å². The van der Waals surface area contributed by atoms with Crippen LogP contribution in [0.5, 0.6) is 0 Å². The molecule has 3 aromatic rings. The van der Waals surface area contributed by atoms with Crippen LogP contribution in [0.4, 0.5) is 4.79 Å². The van der Waals surface area contributed by atoms with Crippen molar-refractivity contribution in [3.63, 3.8) is 0 Å². The fourth-order valence-electron chi connectivity index (χ4n) is 3.49. The van der Waals surface area contributed by atoms with E-state index in [0.29, 0.717) is 24.7 Å². The molecule has 4 nitrogen and oxygen atoms in total. The van der Waals surface area contributed by atoms with Crippen LogP contribution in [-0.2, 0) is 4.74 Å². The number of amides is 1. The number of halogens is 1. The summed E-state index contributed by atoms with van der Waals surface area (Å²) in [5.41, 5.74) is 5.61. The Hall–Kier alpha value is -3.29. The molecule has 1 aliphatic rings. The number of pyridine rings is 1. The predicted molar refractivity (Wildman–Crippen MR) is 114 cm³/mol. The fourth-order valence-corrected chi connectivity index (χ4v) is 3.60. The van der Waals surface area contributed by atoms with Crippen LogP contribution < -0.4 is 5.32 Å². The van der Waals surface area contributed by atoms with Crippen LogP contribution in [0, 0.1) is 11.8 Å². The first-order chi connectivity index (χ1) is 14.2. The Morgan fingerprint density at radius 1 is 1.03 bits per heavy atom. The molecule has 5 heteroatoms. The smallest absolute Gasteiger partial charge is 0.407 e. The summed E-state index contributed by atoms with van der Waals surface area (Å²) in [5, 5.41) is 3.19. The molecule has 0 fully saturated rings. The number of rotatable bonds is 4. The number of ether oxygens (including phenoxy) is 1. The monoisotopic (exact) mass is 402 g/mol. The van der Waals surface area contributed by atoms with Gasteiger partial charge < -0.3 is 10.1 Å². The molecule has 0 saturated carbocycles. The number of nitrogens with zero attached hydrogens (tertiary/aromatic N) is 1. The predicted octanol–water partition coefficient (Wildman–Crippen LogP) is 5.02. The van der Waals surface area contributed by atoms with Crippen molar-refractivity contribution in [3.8, 4) is 23.0 Å². The van der Waals surface area contributed by atoms with E-state index in [1.807, 2.05) is 24.3 Å². The number of fused-ring (bicyclic) bond motifs is 3. The summed E-state index contributed by atoms with van der Waals surface area (Å²) >= 11 is 5.74. The van der Waals surface area contributed by atoms with Crippen LogP contribution in [0.3, 0.4) is 0 Å². The van der Waals surface area contributed by atoms with E-state index in [4.69, 9.17) is 16.3 Å². The molecule has 1 aliphatic carbocycles. The lowest BCUT2D eigenvalue weighted by Crippen LogP contribution is -2.26. The molecule has 29 heavy (non-hydrogen) atoms. The number of hydrogen-bond acceptors (Lipinski definition) is 3. The normalized spacial score (nSPS) is 11.8. The Bertz CT molecular complexity index is 1040. The van der Waals surface area contributed by atoms with E-state index in [1.165, 1.54) is 22.3 Å². The molecule has 4 rings (SSSR count). The molecule has 1 heterocycles. The van der Waals surface area contributed by atoms with Crippen molar-refractivity contribution in [1.82, 2.24) is 10.3 Å². The molecular formula is C24H19ClN2O2. The highest BCUT2D eigenvalue weighted by atomic mass is 35.5. The number of nitrogens with one attached hydrogen (secondary N) is 1. The molecule has 1 amide bonds. The summed E-state index contributed by atoms with van der Waals surface area (Å²) < 4.78 is 5.49. The van der Waals surface area contributed by atoms with Gasteiger partial charge in [-0.3, -0.25) is 0 Å². The zero-order valence-electron chi connectivity index (χ0n) is 15.7. The lowest BCUT2D eigenvalue weighted by molar-refractivity contribution is 0.143. The maximum atomic E-state index is 12.1. The molecule has 144 valence electrons. The zero-order valence-corrected chi connectivity index (χ0v) is 16.4. The van der Waals surface area contributed by atoms with E-state index in [9.17, 15) is 4.79 Å². The van der Waals surface area contributed by atoms with Crippen molar-refractivity contribution in [2.45, 2.75) is 12.3 Å². The van der Waals surface area contributed by atoms with Gasteiger partial charge in [0.2, 0.25) is 0 Å². The van der Waals surface area contributed by atoms with E-state index in [-0.39, 0.29) is 5.92 Å². The van der Waals surface area contributed by atoms with Crippen molar-refractivity contribution < 1.29 is 9.53 Å². The second-order valence-electron chi connectivity index (χ2n) is 6.67. The van der Waals surface area contributed by atoms with Gasteiger partial charge in [0.15, 0.2) is 0 Å². The van der Waals surface area contributed by atoms with Crippen LogP contribution in [0.2, 0.25) is 5.15 Å². The van der Waals surface area contributed by atoms with E-state index in [1.54, 1.807) is 18.3 Å². The third-order valence-corrected chi connectivity index (χ3v) is 5.05. The summed E-state index contributed by atoms with van der Waals surface area (Å²) in [6.07, 6.45) is 1.71. The maximum absolute atomic E-state index is 12.1. The van der Waals surface area contributed by atoms with E-state index in [0.717, 1.165) is 5.56 Å². The van der Waals surface area contributed by atoms with Crippen LogP contribution in [0.15, 0.2) is 66.9 Å². The van der Waals surface area contributed by atoms with Gasteiger partial charge in [-0.15, -0.1) is 0 Å². The molecular weight excluding hydrogens is 384 g/mol. The number of aromatic nitrogens is 1. The standard InChI is InChI=1S/C24H19ClN2O2/c25-23-13-12-17(15-27-23)7-5-6-14-26-24(28)29-16-22-20-10-3-1-8-18(20)19-9-2-4-11-21(19)22/h1-4,8-13,15,22H,6,14,16H2,(H,26,28). The molecule has 0 radical (unpaired) electrons. The fraction of sp³-hybridized carbons (Fsp3) is 0.167. The number of alkyl carbamates (subject to hydrolysis) is 1. The summed E-state index contributed by atoms with van der Waals surface area (Å²) in [5.74, 6) is 6.04. The third-order valence-electron chi connectivity index (χ3n) is 4.82. The Balaban J connectivity index is 1.29. The van der Waals surface area contributed by atoms with Crippen LogP contribution >= 0.6 is 11.6 Å². The van der Waals surface area contributed by atoms with Crippen molar-refractivity contribution in [3.05, 3.63) is 88.7 Å². The lowest BCUT2D eigenvalue weighted by Gasteiger charge is -2.14. The Morgan fingerprint density at radius 2 is 1.72 bits per heavy atom. The molecule has 0 aliphatic heterocycles. The molecule has 2 aromatic carbocycles. The second-order valence-corrected chi connectivity index (χ2v) is 7.06. The first-order valence-corrected chi connectivity index (χ1v) is 9.79. The van der Waals surface area contributed by atoms with Crippen molar-refractivity contribution >= 4 is 17.7 Å². The Kier molecular flexibility index (Phi) is 5.79. The number of carbonyl (C=O) groups excluding carboxylic acids is 1. The summed E-state index contributed by atoms with van der Waals surface area (Å²) in [6.45, 7) is 0.729. The number of benzene rings is 2. The van der Waals surface area contributed by atoms with Gasteiger partial charge in [-0.1, -0.05) is 72.0 Å². The average molecular weight is 403 g/mol. The van der Waals surface area contributed by atoms with Gasteiger partial charge >= 0.3 is 6.09 Å². The summed E-state index contributed by atoms with van der Waals surface area (Å²) in [7, 11) is 0. The third kappa shape index (κ3) is 4.42. The van der Waals surface area contributed by atoms with E-state index < -0.39 is 6.09 Å².